The van der Waals surface area contributed by atoms with Gasteiger partial charge >= 0.3 is 6.18 Å². The molecule has 1 aliphatic heterocycles. The molecule has 1 atom stereocenters. The fourth-order valence-electron chi connectivity index (χ4n) is 6.74. The zero-order valence-electron chi connectivity index (χ0n) is 28.2. The predicted octanol–water partition coefficient (Wildman–Crippen LogP) is 4.39. The lowest BCUT2D eigenvalue weighted by molar-refractivity contribution is -0.137. The molecule has 1 saturated heterocycles. The number of fused-ring (bicyclic) bond motifs is 1. The van der Waals surface area contributed by atoms with E-state index in [2.05, 4.69) is 25.5 Å². The monoisotopic (exact) mass is 738 g/mol. The summed E-state index contributed by atoms with van der Waals surface area (Å²) in [4.78, 5) is 66.7. The fourth-order valence-corrected chi connectivity index (χ4v) is 6.97. The van der Waals surface area contributed by atoms with Gasteiger partial charge in [-0.2, -0.15) is 22.7 Å². The van der Waals surface area contributed by atoms with E-state index >= 15 is 0 Å². The maximum atomic E-state index is 14.3. The minimum atomic E-state index is -4.62. The van der Waals surface area contributed by atoms with Crippen LogP contribution in [0, 0.1) is 0 Å². The molecule has 5 heterocycles. The quantitative estimate of drug-likeness (QED) is 0.238. The molecule has 4 aromatic heterocycles. The van der Waals surface area contributed by atoms with Gasteiger partial charge in [0.2, 0.25) is 11.7 Å². The normalized spacial score (nSPS) is 16.7. The van der Waals surface area contributed by atoms with Gasteiger partial charge in [-0.3, -0.25) is 24.2 Å². The Morgan fingerprint density at radius 1 is 1.12 bits per heavy atom. The highest BCUT2D eigenvalue weighted by molar-refractivity contribution is 6.33. The van der Waals surface area contributed by atoms with Gasteiger partial charge in [-0.15, -0.1) is 5.10 Å². The van der Waals surface area contributed by atoms with Crippen LogP contribution in [-0.2, 0) is 23.9 Å². The van der Waals surface area contributed by atoms with Crippen LogP contribution in [0.2, 0.25) is 5.02 Å². The Balaban J connectivity index is 1.22. The van der Waals surface area contributed by atoms with Crippen LogP contribution in [0.1, 0.15) is 60.8 Å². The van der Waals surface area contributed by atoms with Crippen molar-refractivity contribution in [1.82, 2.24) is 38.8 Å². The van der Waals surface area contributed by atoms with Crippen molar-refractivity contribution < 1.29 is 22.8 Å². The third-order valence-electron chi connectivity index (χ3n) is 9.62. The van der Waals surface area contributed by atoms with Crippen molar-refractivity contribution in [3.05, 3.63) is 91.5 Å². The van der Waals surface area contributed by atoms with Crippen molar-refractivity contribution in [3.63, 3.8) is 0 Å². The summed E-state index contributed by atoms with van der Waals surface area (Å²) in [5.41, 5.74) is -0.520. The number of carbonyl (C=O) groups excluding carboxylic acids is 2. The molecule has 2 N–H and O–H groups in total. The molecule has 2 aliphatic rings. The Kier molecular flexibility index (Phi) is 9.14. The highest BCUT2D eigenvalue weighted by Gasteiger charge is 2.35. The van der Waals surface area contributed by atoms with Crippen LogP contribution in [0.5, 0.6) is 0 Å². The number of halogens is 4. The predicted molar refractivity (Wildman–Crippen MR) is 186 cm³/mol. The van der Waals surface area contributed by atoms with E-state index in [4.69, 9.17) is 11.6 Å². The van der Waals surface area contributed by atoms with Crippen LogP contribution in [0.3, 0.4) is 0 Å². The minimum absolute atomic E-state index is 0.0241. The first-order chi connectivity index (χ1) is 24.8. The molecule has 0 bridgehead atoms. The number of nitrogens with one attached hydrogen (secondary N) is 2. The maximum absolute atomic E-state index is 14.3. The van der Waals surface area contributed by atoms with Crippen LogP contribution < -0.4 is 21.3 Å². The number of aromatic nitrogens is 7. The highest BCUT2D eigenvalue weighted by Crippen LogP contribution is 2.34. The topological polar surface area (TPSA) is 156 Å². The first kappa shape index (κ1) is 35.0. The largest absolute Gasteiger partial charge is 0.416 e. The molecule has 2 fully saturated rings. The molecule has 1 aromatic carbocycles. The van der Waals surface area contributed by atoms with E-state index in [1.54, 1.807) is 27.8 Å². The number of benzene rings is 1. The summed E-state index contributed by atoms with van der Waals surface area (Å²) in [7, 11) is 0. The summed E-state index contributed by atoms with van der Waals surface area (Å²) < 4.78 is 43.8. The molecule has 1 saturated carbocycles. The molecule has 0 spiro atoms. The summed E-state index contributed by atoms with van der Waals surface area (Å²) in [5, 5.41) is 9.72. The molecule has 5 aromatic rings. The van der Waals surface area contributed by atoms with Gasteiger partial charge in [0.05, 0.1) is 28.0 Å². The van der Waals surface area contributed by atoms with Gasteiger partial charge in [0.25, 0.3) is 17.0 Å². The van der Waals surface area contributed by atoms with Crippen LogP contribution in [0.4, 0.5) is 24.5 Å². The number of alkyl halides is 3. The molecule has 272 valence electrons. The van der Waals surface area contributed by atoms with Gasteiger partial charge in [0.15, 0.2) is 5.82 Å². The smallest absolute Gasteiger partial charge is 0.362 e. The average Bonchev–Trinajstić information content (AvgIpc) is 3.70. The Morgan fingerprint density at radius 3 is 2.54 bits per heavy atom. The number of H-pyrrole nitrogens is 1. The van der Waals surface area contributed by atoms with Crippen molar-refractivity contribution in [3.8, 4) is 11.4 Å². The van der Waals surface area contributed by atoms with Gasteiger partial charge in [-0.1, -0.05) is 18.5 Å². The number of hydrogen-bond donors (Lipinski definition) is 2. The summed E-state index contributed by atoms with van der Waals surface area (Å²) in [6.45, 7) is 3.94. The third kappa shape index (κ3) is 6.33. The van der Waals surface area contributed by atoms with Gasteiger partial charge in [0.1, 0.15) is 17.8 Å². The van der Waals surface area contributed by atoms with E-state index in [1.807, 2.05) is 18.7 Å². The van der Waals surface area contributed by atoms with Gasteiger partial charge in [0, 0.05) is 49.8 Å². The van der Waals surface area contributed by atoms with Gasteiger partial charge < -0.3 is 24.8 Å². The van der Waals surface area contributed by atoms with E-state index < -0.39 is 41.7 Å². The van der Waals surface area contributed by atoms with Crippen LogP contribution >= 0.6 is 11.6 Å². The van der Waals surface area contributed by atoms with Crippen molar-refractivity contribution in [1.29, 1.82) is 0 Å². The van der Waals surface area contributed by atoms with Crippen molar-refractivity contribution in [2.24, 2.45) is 0 Å². The molecule has 14 nitrogen and oxygen atoms in total. The lowest BCUT2D eigenvalue weighted by Gasteiger charge is -2.41. The molecule has 0 radical (unpaired) electrons. The highest BCUT2D eigenvalue weighted by atomic mass is 35.5. The van der Waals surface area contributed by atoms with Gasteiger partial charge in [-0.25, -0.2) is 4.68 Å². The minimum Gasteiger partial charge on any atom is -0.362 e. The van der Waals surface area contributed by atoms with Crippen LogP contribution in [-0.4, -0.2) is 76.3 Å². The SMILES string of the molecule is CCc1c(N2CCN(C(=O)c3c[nH]n(C4CCC4)c3=O)[C@H](C)C2)c(=O)n2nc(-c3cccnc3)nc2n1CC(=O)Nc1ccc(C(F)(F)F)cc1Cl. The molecule has 0 unspecified atom stereocenters. The number of nitrogens with zero attached hydrogens (tertiary/aromatic N) is 8. The standard InChI is InChI=1S/C34H34ClF3N10O4/c1-3-26-28(44-12-13-45(19(2)17-44)30(50)23-16-40-47(31(23)51)22-7-4-8-22)32(52)48-33(42-29(43-48)20-6-5-11-39-15-20)46(26)18-27(49)41-25-10-9-21(14-24(25)35)34(36,37)38/h5-6,9-11,14-16,19,22,40H,3-4,7-8,12-13,17-18H2,1-2H3,(H,41,49)/t19-/m1/s1. The molecule has 1 aliphatic carbocycles. The van der Waals surface area contributed by atoms with E-state index in [9.17, 15) is 32.3 Å². The zero-order chi connectivity index (χ0) is 36.9. The van der Waals surface area contributed by atoms with Crippen LogP contribution in [0.15, 0.2) is 58.5 Å². The number of piperazine rings is 1. The van der Waals surface area contributed by atoms with Crippen LogP contribution in [0.25, 0.3) is 17.2 Å². The van der Waals surface area contributed by atoms with Crippen molar-refractivity contribution in [2.75, 3.05) is 29.9 Å². The molecule has 2 amide bonds. The lowest BCUT2D eigenvalue weighted by Crippen LogP contribution is -2.56. The Hall–Kier alpha value is -5.45. The summed E-state index contributed by atoms with van der Waals surface area (Å²) >= 11 is 6.12. The Labute approximate surface area is 298 Å². The number of anilines is 2. The molecular weight excluding hydrogens is 705 g/mol. The molecule has 52 heavy (non-hydrogen) atoms. The van der Waals surface area contributed by atoms with E-state index in [1.165, 1.54) is 17.1 Å². The zero-order valence-corrected chi connectivity index (χ0v) is 28.9. The number of pyridine rings is 1. The number of carbonyl (C=O) groups is 2. The lowest BCUT2D eigenvalue weighted by atomic mass is 9.93. The third-order valence-corrected chi connectivity index (χ3v) is 9.94. The first-order valence-electron chi connectivity index (χ1n) is 16.8. The maximum Gasteiger partial charge on any atom is 0.416 e. The summed E-state index contributed by atoms with van der Waals surface area (Å²) in [6.07, 6.45) is 3.02. The Bertz CT molecular complexity index is 2290. The number of hydrogen-bond acceptors (Lipinski definition) is 8. The fraction of sp³-hybridized carbons (Fsp3) is 0.382. The second-order valence-electron chi connectivity index (χ2n) is 12.9. The van der Waals surface area contributed by atoms with Crippen molar-refractivity contribution in [2.45, 2.75) is 64.3 Å². The molecule has 18 heteroatoms. The second-order valence-corrected chi connectivity index (χ2v) is 13.3. The second kappa shape index (κ2) is 13.6. The number of rotatable bonds is 8. The van der Waals surface area contributed by atoms with E-state index in [-0.39, 0.29) is 71.2 Å². The van der Waals surface area contributed by atoms with Crippen molar-refractivity contribution >= 4 is 40.6 Å². The first-order valence-corrected chi connectivity index (χ1v) is 17.2. The summed E-state index contributed by atoms with van der Waals surface area (Å²) in [5.74, 6) is -0.782. The Morgan fingerprint density at radius 2 is 1.90 bits per heavy atom. The van der Waals surface area contributed by atoms with E-state index in [0.29, 0.717) is 11.3 Å². The van der Waals surface area contributed by atoms with Gasteiger partial charge in [-0.05, 0) is 62.9 Å². The number of aromatic amines is 1. The molecule has 7 rings (SSSR count). The van der Waals surface area contributed by atoms with E-state index in [0.717, 1.165) is 42.0 Å². The number of amides is 2. The average molecular weight is 739 g/mol. The summed E-state index contributed by atoms with van der Waals surface area (Å²) in [6, 6.07) is 5.70. The molecular formula is C34H34ClF3N10O4.